The van der Waals surface area contributed by atoms with E-state index in [2.05, 4.69) is 10.1 Å². The molecule has 3 aromatic rings. The van der Waals surface area contributed by atoms with Crippen molar-refractivity contribution in [1.82, 2.24) is 14.8 Å². The first kappa shape index (κ1) is 17.7. The highest BCUT2D eigenvalue weighted by Crippen LogP contribution is 2.25. The van der Waals surface area contributed by atoms with Crippen LogP contribution < -0.4 is 0 Å². The van der Waals surface area contributed by atoms with E-state index < -0.39 is 5.97 Å². The third-order valence-electron chi connectivity index (χ3n) is 4.01. The fraction of sp³-hybridized carbons (Fsp3) is 0.211. The normalized spacial score (nSPS) is 10.8. The SMILES string of the molecule is COC(=O)Cn1nc(-c2ccc(F)c(C)c2)nc1-c1ccc(F)c(C)c1. The van der Waals surface area contributed by atoms with Gasteiger partial charge in [0.1, 0.15) is 18.2 Å². The average molecular weight is 357 g/mol. The van der Waals surface area contributed by atoms with Gasteiger partial charge in [-0.15, -0.1) is 5.10 Å². The highest BCUT2D eigenvalue weighted by atomic mass is 19.1. The molecule has 0 atom stereocenters. The van der Waals surface area contributed by atoms with Gasteiger partial charge in [0.15, 0.2) is 11.6 Å². The number of methoxy groups -OCH3 is 1. The van der Waals surface area contributed by atoms with Crippen molar-refractivity contribution in [3.8, 4) is 22.8 Å². The summed E-state index contributed by atoms with van der Waals surface area (Å²) in [5.41, 5.74) is 2.15. The molecule has 1 aromatic heterocycles. The molecular formula is C19H17F2N3O2. The fourth-order valence-corrected chi connectivity index (χ4v) is 2.54. The summed E-state index contributed by atoms with van der Waals surface area (Å²) >= 11 is 0. The summed E-state index contributed by atoms with van der Waals surface area (Å²) in [6.45, 7) is 3.15. The molecule has 0 N–H and O–H groups in total. The number of carbonyl (C=O) groups is 1. The minimum atomic E-state index is -0.489. The lowest BCUT2D eigenvalue weighted by Gasteiger charge is -2.05. The number of benzene rings is 2. The first-order valence-electron chi connectivity index (χ1n) is 7.93. The number of rotatable bonds is 4. The molecule has 7 heteroatoms. The van der Waals surface area contributed by atoms with Crippen LogP contribution in [0.25, 0.3) is 22.8 Å². The molecule has 0 radical (unpaired) electrons. The van der Waals surface area contributed by atoms with Gasteiger partial charge in [-0.05, 0) is 61.4 Å². The fourth-order valence-electron chi connectivity index (χ4n) is 2.54. The molecule has 0 unspecified atom stereocenters. The number of halogens is 2. The van der Waals surface area contributed by atoms with Crippen molar-refractivity contribution in [3.63, 3.8) is 0 Å². The summed E-state index contributed by atoms with van der Waals surface area (Å²) in [4.78, 5) is 16.2. The predicted molar refractivity (Wildman–Crippen MR) is 92.3 cm³/mol. The first-order valence-corrected chi connectivity index (χ1v) is 7.93. The van der Waals surface area contributed by atoms with Crippen LogP contribution in [0.5, 0.6) is 0 Å². The Bertz CT molecular complexity index is 983. The monoisotopic (exact) mass is 357 g/mol. The zero-order valence-electron chi connectivity index (χ0n) is 14.6. The molecule has 0 bridgehead atoms. The minimum Gasteiger partial charge on any atom is -0.468 e. The Kier molecular flexibility index (Phi) is 4.79. The second kappa shape index (κ2) is 7.03. The molecule has 0 amide bonds. The number of aromatic nitrogens is 3. The van der Waals surface area contributed by atoms with Crippen LogP contribution in [0.2, 0.25) is 0 Å². The molecule has 0 fully saturated rings. The van der Waals surface area contributed by atoms with Crippen LogP contribution in [-0.2, 0) is 16.1 Å². The Morgan fingerprint density at radius 1 is 1.04 bits per heavy atom. The predicted octanol–water partition coefficient (Wildman–Crippen LogP) is 3.68. The van der Waals surface area contributed by atoms with Gasteiger partial charge in [0, 0.05) is 11.1 Å². The standard InChI is InChI=1S/C19H17F2N3O2/c1-11-8-13(4-6-15(11)20)18-22-19(24(23-18)10-17(25)26-3)14-5-7-16(21)12(2)9-14/h4-9H,10H2,1-3H3. The lowest BCUT2D eigenvalue weighted by atomic mass is 10.1. The van der Waals surface area contributed by atoms with Crippen LogP contribution in [0, 0.1) is 25.5 Å². The van der Waals surface area contributed by atoms with E-state index in [1.807, 2.05) is 0 Å². The van der Waals surface area contributed by atoms with Gasteiger partial charge in [0.2, 0.25) is 0 Å². The maximum absolute atomic E-state index is 13.6. The molecule has 3 rings (SSSR count). The Labute approximate surface area is 149 Å². The van der Waals surface area contributed by atoms with Crippen LogP contribution >= 0.6 is 0 Å². The smallest absolute Gasteiger partial charge is 0.327 e. The highest BCUT2D eigenvalue weighted by molar-refractivity contribution is 5.71. The molecule has 0 saturated carbocycles. The molecule has 26 heavy (non-hydrogen) atoms. The van der Waals surface area contributed by atoms with Gasteiger partial charge in [-0.1, -0.05) is 0 Å². The number of hydrogen-bond donors (Lipinski definition) is 0. The van der Waals surface area contributed by atoms with Crippen molar-refractivity contribution < 1.29 is 18.3 Å². The minimum absolute atomic E-state index is 0.143. The number of nitrogens with zero attached hydrogens (tertiary/aromatic N) is 3. The number of carbonyl (C=O) groups excluding carboxylic acids is 1. The van der Waals surface area contributed by atoms with Crippen molar-refractivity contribution in [2.75, 3.05) is 7.11 Å². The number of ether oxygens (including phenoxy) is 1. The van der Waals surface area contributed by atoms with Crippen molar-refractivity contribution in [1.29, 1.82) is 0 Å². The van der Waals surface area contributed by atoms with Crippen LogP contribution in [0.15, 0.2) is 36.4 Å². The third-order valence-corrected chi connectivity index (χ3v) is 4.01. The Morgan fingerprint density at radius 2 is 1.62 bits per heavy atom. The molecule has 0 aliphatic rings. The quantitative estimate of drug-likeness (QED) is 0.669. The highest BCUT2D eigenvalue weighted by Gasteiger charge is 2.17. The second-order valence-electron chi connectivity index (χ2n) is 5.92. The largest absolute Gasteiger partial charge is 0.468 e. The molecular weight excluding hydrogens is 340 g/mol. The number of hydrogen-bond acceptors (Lipinski definition) is 4. The molecule has 2 aromatic carbocycles. The summed E-state index contributed by atoms with van der Waals surface area (Å²) < 4.78 is 33.2. The Balaban J connectivity index is 2.11. The summed E-state index contributed by atoms with van der Waals surface area (Å²) in [5.74, 6) is -0.402. The van der Waals surface area contributed by atoms with E-state index in [-0.39, 0.29) is 18.2 Å². The molecule has 0 saturated heterocycles. The van der Waals surface area contributed by atoms with Crippen molar-refractivity contribution >= 4 is 5.97 Å². The van der Waals surface area contributed by atoms with E-state index in [4.69, 9.17) is 4.74 Å². The molecule has 0 aliphatic carbocycles. The zero-order chi connectivity index (χ0) is 18.8. The van der Waals surface area contributed by atoms with Crippen molar-refractivity contribution in [2.45, 2.75) is 20.4 Å². The Hall–Kier alpha value is -3.09. The summed E-state index contributed by atoms with van der Waals surface area (Å²) in [5, 5.41) is 4.36. The van der Waals surface area contributed by atoms with E-state index in [0.29, 0.717) is 33.9 Å². The summed E-state index contributed by atoms with van der Waals surface area (Å²) in [7, 11) is 1.28. The second-order valence-corrected chi connectivity index (χ2v) is 5.92. The first-order chi connectivity index (χ1) is 12.4. The maximum atomic E-state index is 13.6. The van der Waals surface area contributed by atoms with Crippen LogP contribution in [0.4, 0.5) is 8.78 Å². The lowest BCUT2D eigenvalue weighted by Crippen LogP contribution is -2.14. The average Bonchev–Trinajstić information content (AvgIpc) is 3.03. The van der Waals surface area contributed by atoms with E-state index >= 15 is 0 Å². The molecule has 5 nitrogen and oxygen atoms in total. The van der Waals surface area contributed by atoms with Gasteiger partial charge in [-0.3, -0.25) is 4.79 Å². The summed E-state index contributed by atoms with van der Waals surface area (Å²) in [6, 6.07) is 9.08. The van der Waals surface area contributed by atoms with Crippen molar-refractivity contribution in [2.24, 2.45) is 0 Å². The van der Waals surface area contributed by atoms with Crippen LogP contribution in [-0.4, -0.2) is 27.8 Å². The van der Waals surface area contributed by atoms with Crippen LogP contribution in [0.1, 0.15) is 11.1 Å². The summed E-state index contributed by atoms with van der Waals surface area (Å²) in [6.07, 6.45) is 0. The molecule has 134 valence electrons. The van der Waals surface area contributed by atoms with Gasteiger partial charge < -0.3 is 4.74 Å². The van der Waals surface area contributed by atoms with E-state index in [1.54, 1.807) is 38.1 Å². The van der Waals surface area contributed by atoms with Gasteiger partial charge in [-0.2, -0.15) is 0 Å². The van der Waals surface area contributed by atoms with Gasteiger partial charge >= 0.3 is 5.97 Å². The number of esters is 1. The van der Waals surface area contributed by atoms with Gasteiger partial charge in [-0.25, -0.2) is 18.4 Å². The zero-order valence-corrected chi connectivity index (χ0v) is 14.6. The van der Waals surface area contributed by atoms with Crippen molar-refractivity contribution in [3.05, 3.63) is 59.2 Å². The molecule has 1 heterocycles. The van der Waals surface area contributed by atoms with Crippen LogP contribution in [0.3, 0.4) is 0 Å². The van der Waals surface area contributed by atoms with E-state index in [9.17, 15) is 13.6 Å². The maximum Gasteiger partial charge on any atom is 0.327 e. The van der Waals surface area contributed by atoms with Gasteiger partial charge in [0.05, 0.1) is 7.11 Å². The van der Waals surface area contributed by atoms with E-state index in [1.165, 1.54) is 23.9 Å². The molecule has 0 spiro atoms. The van der Waals surface area contributed by atoms with E-state index in [0.717, 1.165) is 0 Å². The lowest BCUT2D eigenvalue weighted by molar-refractivity contribution is -0.141. The third kappa shape index (κ3) is 3.46. The Morgan fingerprint density at radius 3 is 2.19 bits per heavy atom. The number of aryl methyl sites for hydroxylation is 2. The topological polar surface area (TPSA) is 57.0 Å². The van der Waals surface area contributed by atoms with Gasteiger partial charge in [0.25, 0.3) is 0 Å². The molecule has 0 aliphatic heterocycles.